The Morgan fingerprint density at radius 3 is 0.788 bits per heavy atom. The zero-order valence-electron chi connectivity index (χ0n) is 14.8. The maximum Gasteiger partial charge on any atom is 0.526 e. The van der Waals surface area contributed by atoms with Crippen LogP contribution >= 0.6 is 0 Å². The molecule has 0 aromatic carbocycles. The third-order valence-electron chi connectivity index (χ3n) is 4.09. The van der Waals surface area contributed by atoms with Gasteiger partial charge < -0.3 is 60.7 Å². The number of hydrogen-bond acceptors (Lipinski definition) is 15. The number of nitrogens with zero attached hydrogens (tertiary/aromatic N) is 12. The van der Waals surface area contributed by atoms with Crippen molar-refractivity contribution in [2.45, 2.75) is 0 Å². The van der Waals surface area contributed by atoms with Gasteiger partial charge in [-0.15, -0.1) is 0 Å². The molecule has 4 rings (SSSR count). The molecule has 168 valence electrons. The van der Waals surface area contributed by atoms with Gasteiger partial charge in [-0.05, 0) is 42.7 Å². The van der Waals surface area contributed by atoms with E-state index in [1.54, 1.807) is 0 Å². The van der Waals surface area contributed by atoms with Crippen molar-refractivity contribution in [1.29, 1.82) is 0 Å². The van der Waals surface area contributed by atoms with Crippen molar-refractivity contribution in [3.8, 4) is 0 Å². The summed E-state index contributed by atoms with van der Waals surface area (Å²) in [5.74, 6) is -12.7. The molecule has 0 saturated heterocycles. The van der Waals surface area contributed by atoms with E-state index in [1.165, 1.54) is 0 Å². The minimum absolute atomic E-state index is 0.0591. The summed E-state index contributed by atoms with van der Waals surface area (Å²) < 4.78 is 0.177. The third kappa shape index (κ3) is 2.47. The third-order valence-corrected chi connectivity index (χ3v) is 4.09. The van der Waals surface area contributed by atoms with Gasteiger partial charge in [0.15, 0.2) is 0 Å². The second kappa shape index (κ2) is 6.26. The lowest BCUT2D eigenvalue weighted by molar-refractivity contribution is -0.427. The maximum absolute atomic E-state index is 11.5. The van der Waals surface area contributed by atoms with Crippen molar-refractivity contribution in [2.24, 2.45) is 0 Å². The Kier molecular flexibility index (Phi) is 3.85. The molecule has 0 fully saturated rings. The highest BCUT2D eigenvalue weighted by atomic mass is 16.7. The average Bonchev–Trinajstić information content (AvgIpc) is 3.37. The largest absolute Gasteiger partial charge is 0.526 e. The van der Waals surface area contributed by atoms with Crippen LogP contribution in [0.25, 0.3) is 17.3 Å². The van der Waals surface area contributed by atoms with Gasteiger partial charge in [-0.2, -0.15) is 0 Å². The van der Waals surface area contributed by atoms with E-state index in [9.17, 15) is 60.7 Å². The molecule has 0 saturated carbocycles. The first-order valence-corrected chi connectivity index (χ1v) is 7.64. The number of hydrogen-bond donors (Lipinski definition) is 0. The molecule has 24 nitrogen and oxygen atoms in total. The van der Waals surface area contributed by atoms with Gasteiger partial charge in [-0.25, -0.2) is 0 Å². The van der Waals surface area contributed by atoms with Gasteiger partial charge in [0.2, 0.25) is 0 Å². The number of imidazole rings is 3. The van der Waals surface area contributed by atoms with E-state index in [0.29, 0.717) is 0 Å². The number of nitro groups is 6. The molecule has 24 heteroatoms. The van der Waals surface area contributed by atoms with Gasteiger partial charge >= 0.3 is 52.2 Å². The Balaban J connectivity index is 2.52. The standard InChI is InChI=1S/C9N12O12/c22-16(23)1-4(19(28)29)13-7(10-1)14-5(20(30)31)2(17(24)25)12-9(14)15-6(21(32)33)3(18(26)27)11-8(13)15. The van der Waals surface area contributed by atoms with Crippen LogP contribution in [-0.2, 0) is 0 Å². The number of aromatic nitrogens is 6. The summed E-state index contributed by atoms with van der Waals surface area (Å²) in [6.45, 7) is 0. The normalized spacial score (nSPS) is 11.3. The van der Waals surface area contributed by atoms with Crippen molar-refractivity contribution in [3.63, 3.8) is 0 Å². The summed E-state index contributed by atoms with van der Waals surface area (Å²) in [6, 6.07) is 0. The monoisotopic (exact) mass is 468 g/mol. The Morgan fingerprint density at radius 2 is 0.636 bits per heavy atom. The van der Waals surface area contributed by atoms with Gasteiger partial charge in [0.05, 0.1) is 15.0 Å². The fourth-order valence-corrected chi connectivity index (χ4v) is 3.03. The first kappa shape index (κ1) is 20.3. The maximum atomic E-state index is 11.5. The van der Waals surface area contributed by atoms with Crippen molar-refractivity contribution >= 4 is 52.2 Å². The quantitative estimate of drug-likeness (QED) is 0.267. The molecule has 0 unspecified atom stereocenters. The highest BCUT2D eigenvalue weighted by Gasteiger charge is 2.53. The van der Waals surface area contributed by atoms with Crippen LogP contribution in [0.5, 0.6) is 0 Å². The highest BCUT2D eigenvalue weighted by Crippen LogP contribution is 2.38. The molecular weight excluding hydrogens is 468 g/mol. The number of fused-ring (bicyclic) bond motifs is 6. The molecule has 0 radical (unpaired) electrons. The SMILES string of the molecule is O=[N+]([O-])c1nc2n(c1[N+](=O)[O-])c1nc([N+](=O)[O-])c([N+](=O)[O-])n1c1nc([N+](=O)[O-])c([N+](=O)[O-])n21. The summed E-state index contributed by atoms with van der Waals surface area (Å²) in [7, 11) is 0. The first-order valence-electron chi connectivity index (χ1n) is 7.64. The molecule has 0 spiro atoms. The minimum Gasteiger partial charge on any atom is -0.358 e. The van der Waals surface area contributed by atoms with Crippen molar-refractivity contribution < 1.29 is 29.5 Å². The van der Waals surface area contributed by atoms with E-state index in [2.05, 4.69) is 15.0 Å². The van der Waals surface area contributed by atoms with E-state index >= 15 is 0 Å². The minimum atomic E-state index is -1.55. The predicted octanol–water partition coefficient (Wildman–Crippen LogP) is 0.0789. The topological polar surface area (TPSA) is 311 Å². The van der Waals surface area contributed by atoms with Crippen LogP contribution in [0.1, 0.15) is 0 Å². The Bertz CT molecular complexity index is 1420. The summed E-state index contributed by atoms with van der Waals surface area (Å²) >= 11 is 0. The molecule has 0 aliphatic carbocycles. The van der Waals surface area contributed by atoms with E-state index in [4.69, 9.17) is 0 Å². The molecule has 4 aromatic rings. The first-order chi connectivity index (χ1) is 15.4. The van der Waals surface area contributed by atoms with Gasteiger partial charge in [0, 0.05) is 0 Å². The van der Waals surface area contributed by atoms with E-state index in [0.717, 1.165) is 0 Å². The van der Waals surface area contributed by atoms with Gasteiger partial charge in [-0.3, -0.25) is 0 Å². The molecule has 4 aromatic heterocycles. The van der Waals surface area contributed by atoms with Crippen molar-refractivity contribution in [1.82, 2.24) is 28.2 Å². The number of rotatable bonds is 6. The molecule has 0 aliphatic heterocycles. The van der Waals surface area contributed by atoms with Crippen LogP contribution in [-0.4, -0.2) is 57.7 Å². The zero-order chi connectivity index (χ0) is 24.5. The van der Waals surface area contributed by atoms with E-state index in [-0.39, 0.29) is 13.2 Å². The Labute approximate surface area is 171 Å². The summed E-state index contributed by atoms with van der Waals surface area (Å²) in [6.07, 6.45) is 0. The van der Waals surface area contributed by atoms with E-state index in [1.807, 2.05) is 0 Å². The fraction of sp³-hybridized carbons (Fsp3) is 0. The molecule has 0 N–H and O–H groups in total. The molecule has 4 heterocycles. The Morgan fingerprint density at radius 1 is 0.424 bits per heavy atom. The van der Waals surface area contributed by atoms with Gasteiger partial charge in [0.1, 0.15) is 0 Å². The van der Waals surface area contributed by atoms with Gasteiger partial charge in [0.25, 0.3) is 0 Å². The lowest BCUT2D eigenvalue weighted by atomic mass is 10.6. The van der Waals surface area contributed by atoms with Crippen LogP contribution in [0.3, 0.4) is 0 Å². The molecule has 0 amide bonds. The molecule has 0 atom stereocenters. The smallest absolute Gasteiger partial charge is 0.358 e. The second-order valence-electron chi connectivity index (χ2n) is 5.73. The van der Waals surface area contributed by atoms with Gasteiger partial charge in [-0.1, -0.05) is 0 Å². The van der Waals surface area contributed by atoms with Crippen LogP contribution in [0.15, 0.2) is 0 Å². The lowest BCUT2D eigenvalue weighted by Gasteiger charge is -1.93. The van der Waals surface area contributed by atoms with Crippen LogP contribution in [0, 0.1) is 60.7 Å². The average molecular weight is 468 g/mol. The zero-order valence-corrected chi connectivity index (χ0v) is 14.8. The van der Waals surface area contributed by atoms with Crippen LogP contribution in [0.4, 0.5) is 34.9 Å². The van der Waals surface area contributed by atoms with Crippen molar-refractivity contribution in [3.05, 3.63) is 60.7 Å². The summed E-state index contributed by atoms with van der Waals surface area (Å²) in [4.78, 5) is 70.0. The summed E-state index contributed by atoms with van der Waals surface area (Å²) in [5, 5.41) is 68.5. The fourth-order valence-electron chi connectivity index (χ4n) is 3.03. The Hall–Kier alpha value is -5.97. The van der Waals surface area contributed by atoms with Crippen LogP contribution in [0.2, 0.25) is 0 Å². The van der Waals surface area contributed by atoms with Crippen LogP contribution < -0.4 is 0 Å². The van der Waals surface area contributed by atoms with E-state index < -0.39 is 81.8 Å². The lowest BCUT2D eigenvalue weighted by Crippen LogP contribution is -2.09. The molecule has 0 bridgehead atoms. The highest BCUT2D eigenvalue weighted by molar-refractivity contribution is 5.71. The second-order valence-corrected chi connectivity index (χ2v) is 5.73. The predicted molar refractivity (Wildman–Crippen MR) is 92.6 cm³/mol. The molecule has 0 aliphatic rings. The van der Waals surface area contributed by atoms with Crippen molar-refractivity contribution in [2.75, 3.05) is 0 Å². The molecule has 33 heavy (non-hydrogen) atoms. The molecular formula is C9N12O12. The summed E-state index contributed by atoms with van der Waals surface area (Å²) in [5.41, 5.74) is 0.